The Labute approximate surface area is 159 Å². The highest BCUT2D eigenvalue weighted by atomic mass is 32.2. The van der Waals surface area contributed by atoms with Gasteiger partial charge in [-0.15, -0.1) is 26.6 Å². The molecule has 4 rings (SSSR count). The first kappa shape index (κ1) is 17.7. The molecule has 14 heteroatoms. The van der Waals surface area contributed by atoms with Crippen LogP contribution in [0.25, 0.3) is 5.65 Å². The van der Waals surface area contributed by atoms with Crippen LogP contribution in [-0.2, 0) is 9.59 Å². The minimum absolute atomic E-state index is 0.0448. The number of primary amides is 1. The maximum atomic E-state index is 12.0. The number of aliphatic carboxylic acids is 1. The van der Waals surface area contributed by atoms with E-state index in [-0.39, 0.29) is 28.0 Å². The quantitative estimate of drug-likeness (QED) is 0.378. The zero-order valence-electron chi connectivity index (χ0n) is 13.5. The highest BCUT2D eigenvalue weighted by molar-refractivity contribution is 8.01. The minimum Gasteiger partial charge on any atom is -0.477 e. The van der Waals surface area contributed by atoms with E-state index in [0.717, 1.165) is 4.63 Å². The molecule has 0 aliphatic carbocycles. The standard InChI is InChI=1S/C13H12N8O4S2/c14-7-11(23)20-8(13(24)25)4(3-27-12(7)20)2-26-6-1-5(9(15)22)10-16-18-19-21(10)17-6/h1,7,12H,2-3,14H2,(H2,15,22)(H,24,25)/t7?,12-/m1/s1. The van der Waals surface area contributed by atoms with Crippen LogP contribution in [0.2, 0.25) is 0 Å². The number of hydrogen-bond donors (Lipinski definition) is 3. The Bertz CT molecular complexity index is 1020. The number of nitrogens with zero attached hydrogens (tertiary/aromatic N) is 6. The lowest BCUT2D eigenvalue weighted by Gasteiger charge is -2.48. The van der Waals surface area contributed by atoms with Gasteiger partial charge in [0.05, 0.1) is 5.56 Å². The average molecular weight is 408 g/mol. The molecule has 0 aromatic carbocycles. The molecule has 2 atom stereocenters. The van der Waals surface area contributed by atoms with Crippen LogP contribution in [0, 0.1) is 0 Å². The summed E-state index contributed by atoms with van der Waals surface area (Å²) in [6, 6.07) is 0.768. The Morgan fingerprint density at radius 1 is 1.44 bits per heavy atom. The highest BCUT2D eigenvalue weighted by Gasteiger charge is 2.51. The Balaban J connectivity index is 1.63. The van der Waals surface area contributed by atoms with Gasteiger partial charge in [0, 0.05) is 11.5 Å². The Kier molecular flexibility index (Phi) is 4.24. The molecule has 2 aliphatic heterocycles. The predicted molar refractivity (Wildman–Crippen MR) is 93.5 cm³/mol. The van der Waals surface area contributed by atoms with Crippen LogP contribution in [0.15, 0.2) is 22.4 Å². The largest absolute Gasteiger partial charge is 0.477 e. The number of hydrogen-bond acceptors (Lipinski definition) is 10. The number of carboxylic acid groups (broad SMARTS) is 1. The van der Waals surface area contributed by atoms with Crippen LogP contribution in [0.5, 0.6) is 0 Å². The molecule has 2 amide bonds. The molecule has 2 aromatic rings. The average Bonchev–Trinajstić information content (AvgIpc) is 3.12. The van der Waals surface area contributed by atoms with Crippen molar-refractivity contribution in [3.63, 3.8) is 0 Å². The fourth-order valence-electron chi connectivity index (χ4n) is 2.83. The van der Waals surface area contributed by atoms with Crippen LogP contribution in [0.1, 0.15) is 10.4 Å². The maximum absolute atomic E-state index is 12.0. The number of aromatic nitrogens is 5. The highest BCUT2D eigenvalue weighted by Crippen LogP contribution is 2.40. The lowest BCUT2D eigenvalue weighted by molar-refractivity contribution is -0.147. The Morgan fingerprint density at radius 3 is 2.93 bits per heavy atom. The summed E-state index contributed by atoms with van der Waals surface area (Å²) in [6.07, 6.45) is 0. The van der Waals surface area contributed by atoms with Gasteiger partial charge in [-0.05, 0) is 22.1 Å². The van der Waals surface area contributed by atoms with Gasteiger partial charge in [-0.3, -0.25) is 14.5 Å². The number of carbonyl (C=O) groups is 3. The number of fused-ring (bicyclic) bond motifs is 2. The topological polar surface area (TPSA) is 183 Å². The minimum atomic E-state index is -1.18. The van der Waals surface area contributed by atoms with E-state index in [2.05, 4.69) is 20.6 Å². The normalized spacial score (nSPS) is 22.0. The van der Waals surface area contributed by atoms with Gasteiger partial charge < -0.3 is 16.6 Å². The van der Waals surface area contributed by atoms with Crippen molar-refractivity contribution in [3.8, 4) is 0 Å². The van der Waals surface area contributed by atoms with Gasteiger partial charge in [-0.25, -0.2) is 4.79 Å². The fraction of sp³-hybridized carbons (Fsp3) is 0.308. The first-order valence-electron chi connectivity index (χ1n) is 7.56. The molecule has 1 unspecified atom stereocenters. The SMILES string of the molecule is NC(=O)c1cc(SCC2=C(C(=O)O)N3C(=O)C(N)[C@H]3SC2)nn2nnnc12. The predicted octanol–water partition coefficient (Wildman–Crippen LogP) is -1.71. The molecule has 1 fully saturated rings. The van der Waals surface area contributed by atoms with Gasteiger partial charge in [-0.1, -0.05) is 11.8 Å². The second-order valence-electron chi connectivity index (χ2n) is 5.73. The maximum Gasteiger partial charge on any atom is 0.352 e. The molecule has 27 heavy (non-hydrogen) atoms. The number of nitrogens with two attached hydrogens (primary N) is 2. The van der Waals surface area contributed by atoms with Gasteiger partial charge >= 0.3 is 5.97 Å². The third kappa shape index (κ3) is 2.81. The summed E-state index contributed by atoms with van der Waals surface area (Å²) >= 11 is 2.60. The van der Waals surface area contributed by atoms with Crippen molar-refractivity contribution in [1.82, 2.24) is 30.2 Å². The van der Waals surface area contributed by atoms with Crippen molar-refractivity contribution >= 4 is 47.0 Å². The molecular formula is C13H12N8O4S2. The molecule has 0 spiro atoms. The summed E-state index contributed by atoms with van der Waals surface area (Å²) in [5.41, 5.74) is 11.8. The molecule has 5 N–H and O–H groups in total. The summed E-state index contributed by atoms with van der Waals surface area (Å²) in [7, 11) is 0. The van der Waals surface area contributed by atoms with E-state index in [9.17, 15) is 19.5 Å². The molecule has 4 heterocycles. The summed E-state index contributed by atoms with van der Waals surface area (Å²) in [6.45, 7) is 0. The van der Waals surface area contributed by atoms with E-state index >= 15 is 0 Å². The van der Waals surface area contributed by atoms with Crippen LogP contribution in [0.3, 0.4) is 0 Å². The molecule has 0 bridgehead atoms. The van der Waals surface area contributed by atoms with Gasteiger partial charge in [0.1, 0.15) is 22.1 Å². The van der Waals surface area contributed by atoms with Gasteiger partial charge in [0.15, 0.2) is 0 Å². The van der Waals surface area contributed by atoms with E-state index in [0.29, 0.717) is 16.4 Å². The number of amides is 2. The van der Waals surface area contributed by atoms with Crippen LogP contribution < -0.4 is 11.5 Å². The number of carbonyl (C=O) groups excluding carboxylic acids is 2. The molecular weight excluding hydrogens is 396 g/mol. The van der Waals surface area contributed by atoms with Crippen molar-refractivity contribution in [2.75, 3.05) is 11.5 Å². The molecule has 140 valence electrons. The lowest BCUT2D eigenvalue weighted by Crippen LogP contribution is -2.68. The smallest absolute Gasteiger partial charge is 0.352 e. The Morgan fingerprint density at radius 2 is 2.22 bits per heavy atom. The summed E-state index contributed by atoms with van der Waals surface area (Å²) in [4.78, 5) is 36.5. The molecule has 2 aliphatic rings. The first-order valence-corrected chi connectivity index (χ1v) is 9.59. The van der Waals surface area contributed by atoms with E-state index < -0.39 is 23.8 Å². The van der Waals surface area contributed by atoms with Gasteiger partial charge in [0.25, 0.3) is 5.91 Å². The van der Waals surface area contributed by atoms with E-state index in [1.165, 1.54) is 34.5 Å². The van der Waals surface area contributed by atoms with E-state index in [4.69, 9.17) is 11.5 Å². The van der Waals surface area contributed by atoms with Crippen molar-refractivity contribution in [1.29, 1.82) is 0 Å². The molecule has 1 saturated heterocycles. The monoisotopic (exact) mass is 408 g/mol. The third-order valence-corrected chi connectivity index (χ3v) is 6.46. The van der Waals surface area contributed by atoms with Crippen molar-refractivity contribution in [2.24, 2.45) is 11.5 Å². The number of tetrazole rings is 1. The number of carboxylic acids is 1. The molecule has 0 radical (unpaired) electrons. The van der Waals surface area contributed by atoms with Crippen molar-refractivity contribution in [3.05, 3.63) is 22.9 Å². The van der Waals surface area contributed by atoms with Crippen LogP contribution >= 0.6 is 23.5 Å². The zero-order chi connectivity index (χ0) is 19.3. The van der Waals surface area contributed by atoms with Crippen molar-refractivity contribution < 1.29 is 19.5 Å². The lowest BCUT2D eigenvalue weighted by atomic mass is 10.0. The molecule has 0 saturated carbocycles. The first-order chi connectivity index (χ1) is 12.9. The van der Waals surface area contributed by atoms with Crippen LogP contribution in [0.4, 0.5) is 0 Å². The van der Waals surface area contributed by atoms with E-state index in [1.807, 2.05) is 0 Å². The van der Waals surface area contributed by atoms with Gasteiger partial charge in [0.2, 0.25) is 11.6 Å². The summed E-state index contributed by atoms with van der Waals surface area (Å²) < 4.78 is 1.08. The van der Waals surface area contributed by atoms with E-state index in [1.54, 1.807) is 0 Å². The Hall–Kier alpha value is -2.71. The molecule has 2 aromatic heterocycles. The molecule has 12 nitrogen and oxygen atoms in total. The second-order valence-corrected chi connectivity index (χ2v) is 7.83. The second kappa shape index (κ2) is 6.47. The number of β-lactam (4-membered cyclic amide) rings is 1. The number of thioether (sulfide) groups is 2. The van der Waals surface area contributed by atoms with Gasteiger partial charge in [-0.2, -0.15) is 0 Å². The van der Waals surface area contributed by atoms with Crippen molar-refractivity contribution in [2.45, 2.75) is 16.4 Å². The summed E-state index contributed by atoms with van der Waals surface area (Å²) in [5.74, 6) is -1.62. The third-order valence-electron chi connectivity index (χ3n) is 4.11. The fourth-order valence-corrected chi connectivity index (χ4v) is 5.15. The zero-order valence-corrected chi connectivity index (χ0v) is 15.1. The van der Waals surface area contributed by atoms with Crippen LogP contribution in [-0.4, -0.2) is 76.0 Å². The number of rotatable bonds is 5. The summed E-state index contributed by atoms with van der Waals surface area (Å²) in [5, 5.41) is 24.5.